The second-order valence-electron chi connectivity index (χ2n) is 7.20. The molecule has 156 valence electrons. The first-order chi connectivity index (χ1) is 13.6. The third kappa shape index (κ3) is 6.62. The highest BCUT2D eigenvalue weighted by Crippen LogP contribution is 2.27. The van der Waals surface area contributed by atoms with Crippen molar-refractivity contribution in [3.05, 3.63) is 23.8 Å². The summed E-state index contributed by atoms with van der Waals surface area (Å²) in [7, 11) is 5.00. The van der Waals surface area contributed by atoms with Crippen LogP contribution in [0.2, 0.25) is 0 Å². The molecule has 28 heavy (non-hydrogen) atoms. The van der Waals surface area contributed by atoms with Gasteiger partial charge in [0.25, 0.3) is 0 Å². The number of benzene rings is 1. The quantitative estimate of drug-likeness (QED) is 0.525. The molecule has 1 aliphatic rings. The Labute approximate surface area is 168 Å². The van der Waals surface area contributed by atoms with Gasteiger partial charge in [-0.3, -0.25) is 9.79 Å². The van der Waals surface area contributed by atoms with Crippen molar-refractivity contribution in [1.29, 1.82) is 0 Å². The monoisotopic (exact) mass is 390 g/mol. The van der Waals surface area contributed by atoms with E-state index in [4.69, 9.17) is 9.47 Å². The molecule has 1 unspecified atom stereocenters. The maximum Gasteiger partial charge on any atom is 0.224 e. The molecule has 0 radical (unpaired) electrons. The van der Waals surface area contributed by atoms with Crippen LogP contribution in [-0.4, -0.2) is 64.2 Å². The number of rotatable bonds is 8. The summed E-state index contributed by atoms with van der Waals surface area (Å²) in [6.45, 7) is 5.30. The van der Waals surface area contributed by atoms with Crippen LogP contribution in [0.15, 0.2) is 23.2 Å². The van der Waals surface area contributed by atoms with Crippen LogP contribution in [0.25, 0.3) is 0 Å². The third-order valence-corrected chi connectivity index (χ3v) is 5.02. The molecule has 1 atom stereocenters. The Bertz CT molecular complexity index is 663. The average molecular weight is 391 g/mol. The van der Waals surface area contributed by atoms with E-state index < -0.39 is 0 Å². The lowest BCUT2D eigenvalue weighted by atomic mass is 10.00. The second kappa shape index (κ2) is 11.4. The number of hydrogen-bond acceptors (Lipinski definition) is 4. The molecule has 1 aromatic rings. The standard InChI is InChI=1S/C21H34N4O3/c1-16-6-5-13-25(15-16)20(26)10-12-24-21(22-2)23-11-9-17-7-8-18(27-3)19(14-17)28-4/h7-8,14,16H,5-6,9-13,15H2,1-4H3,(H2,22,23,24). The number of ether oxygens (including phenoxy) is 2. The molecule has 0 aromatic heterocycles. The number of guanidine groups is 1. The van der Waals surface area contributed by atoms with E-state index in [9.17, 15) is 4.79 Å². The molecule has 1 amide bonds. The average Bonchev–Trinajstić information content (AvgIpc) is 2.72. The fourth-order valence-electron chi connectivity index (χ4n) is 3.44. The molecule has 2 N–H and O–H groups in total. The van der Waals surface area contributed by atoms with Gasteiger partial charge >= 0.3 is 0 Å². The predicted octanol–water partition coefficient (Wildman–Crippen LogP) is 2.06. The Morgan fingerprint density at radius 3 is 2.64 bits per heavy atom. The van der Waals surface area contributed by atoms with Crippen molar-refractivity contribution < 1.29 is 14.3 Å². The molecule has 1 aromatic carbocycles. The molecule has 1 aliphatic heterocycles. The number of methoxy groups -OCH3 is 2. The number of hydrogen-bond donors (Lipinski definition) is 2. The van der Waals surface area contributed by atoms with Gasteiger partial charge in [0.05, 0.1) is 14.2 Å². The van der Waals surface area contributed by atoms with Crippen LogP contribution < -0.4 is 20.1 Å². The molecular formula is C21H34N4O3. The van der Waals surface area contributed by atoms with Crippen LogP contribution in [-0.2, 0) is 11.2 Å². The van der Waals surface area contributed by atoms with E-state index in [0.717, 1.165) is 49.5 Å². The second-order valence-corrected chi connectivity index (χ2v) is 7.20. The highest BCUT2D eigenvalue weighted by atomic mass is 16.5. The van der Waals surface area contributed by atoms with E-state index in [1.807, 2.05) is 23.1 Å². The summed E-state index contributed by atoms with van der Waals surface area (Å²) in [4.78, 5) is 18.5. The van der Waals surface area contributed by atoms with Gasteiger partial charge < -0.3 is 25.0 Å². The Kier molecular flexibility index (Phi) is 8.91. The first-order valence-electron chi connectivity index (χ1n) is 10.0. The van der Waals surface area contributed by atoms with Crippen LogP contribution >= 0.6 is 0 Å². The molecule has 2 rings (SSSR count). The Balaban J connectivity index is 1.70. The van der Waals surface area contributed by atoms with Gasteiger partial charge in [0, 0.05) is 39.6 Å². The summed E-state index contributed by atoms with van der Waals surface area (Å²) >= 11 is 0. The van der Waals surface area contributed by atoms with Gasteiger partial charge in [-0.05, 0) is 42.9 Å². The van der Waals surface area contributed by atoms with Gasteiger partial charge in [0.2, 0.25) is 5.91 Å². The number of nitrogens with zero attached hydrogens (tertiary/aromatic N) is 2. The number of likely N-dealkylation sites (tertiary alicyclic amines) is 1. The molecular weight excluding hydrogens is 356 g/mol. The summed E-state index contributed by atoms with van der Waals surface area (Å²) in [5, 5.41) is 6.51. The van der Waals surface area contributed by atoms with Crippen molar-refractivity contribution in [2.24, 2.45) is 10.9 Å². The minimum atomic E-state index is 0.222. The summed E-state index contributed by atoms with van der Waals surface area (Å²) in [5.41, 5.74) is 1.15. The van der Waals surface area contributed by atoms with E-state index >= 15 is 0 Å². The number of nitrogens with one attached hydrogen (secondary N) is 2. The van der Waals surface area contributed by atoms with Crippen LogP contribution in [0.3, 0.4) is 0 Å². The van der Waals surface area contributed by atoms with Crippen molar-refractivity contribution in [2.45, 2.75) is 32.6 Å². The maximum atomic E-state index is 12.3. The highest BCUT2D eigenvalue weighted by molar-refractivity contribution is 5.81. The van der Waals surface area contributed by atoms with Gasteiger partial charge in [-0.1, -0.05) is 13.0 Å². The zero-order valence-corrected chi connectivity index (χ0v) is 17.6. The topological polar surface area (TPSA) is 75.2 Å². The van der Waals surface area contributed by atoms with E-state index in [0.29, 0.717) is 24.8 Å². The molecule has 0 aliphatic carbocycles. The van der Waals surface area contributed by atoms with Crippen LogP contribution in [0, 0.1) is 5.92 Å². The van der Waals surface area contributed by atoms with Gasteiger partial charge in [-0.2, -0.15) is 0 Å². The fraction of sp³-hybridized carbons (Fsp3) is 0.619. The van der Waals surface area contributed by atoms with Gasteiger partial charge in [0.15, 0.2) is 17.5 Å². The lowest BCUT2D eigenvalue weighted by Gasteiger charge is -2.31. The number of carbonyl (C=O) groups is 1. The molecule has 1 heterocycles. The van der Waals surface area contributed by atoms with Crippen molar-refractivity contribution in [1.82, 2.24) is 15.5 Å². The first kappa shape index (κ1) is 21.9. The fourth-order valence-corrected chi connectivity index (χ4v) is 3.44. The maximum absolute atomic E-state index is 12.3. The SMILES string of the molecule is CN=C(NCCC(=O)N1CCCC(C)C1)NCCc1ccc(OC)c(OC)c1. The lowest BCUT2D eigenvalue weighted by Crippen LogP contribution is -2.42. The molecule has 1 fully saturated rings. The predicted molar refractivity (Wildman–Crippen MR) is 112 cm³/mol. The van der Waals surface area contributed by atoms with Gasteiger partial charge in [-0.25, -0.2) is 0 Å². The smallest absolute Gasteiger partial charge is 0.224 e. The lowest BCUT2D eigenvalue weighted by molar-refractivity contribution is -0.132. The number of amides is 1. The molecule has 0 saturated carbocycles. The Hall–Kier alpha value is -2.44. The molecule has 1 saturated heterocycles. The zero-order valence-electron chi connectivity index (χ0n) is 17.6. The van der Waals surface area contributed by atoms with E-state index in [-0.39, 0.29) is 5.91 Å². The zero-order chi connectivity index (χ0) is 20.4. The van der Waals surface area contributed by atoms with E-state index in [1.54, 1.807) is 21.3 Å². The van der Waals surface area contributed by atoms with Gasteiger partial charge in [0.1, 0.15) is 0 Å². The van der Waals surface area contributed by atoms with E-state index in [2.05, 4.69) is 22.5 Å². The Morgan fingerprint density at radius 1 is 1.21 bits per heavy atom. The van der Waals surface area contributed by atoms with Crippen LogP contribution in [0.5, 0.6) is 11.5 Å². The summed E-state index contributed by atoms with van der Waals surface area (Å²) in [5.74, 6) is 2.99. The number of piperidine rings is 1. The normalized spacial score (nSPS) is 17.2. The van der Waals surface area contributed by atoms with E-state index in [1.165, 1.54) is 6.42 Å². The molecule has 0 bridgehead atoms. The highest BCUT2D eigenvalue weighted by Gasteiger charge is 2.20. The summed E-state index contributed by atoms with van der Waals surface area (Å²) in [6.07, 6.45) is 3.65. The summed E-state index contributed by atoms with van der Waals surface area (Å²) < 4.78 is 10.6. The van der Waals surface area contributed by atoms with Gasteiger partial charge in [-0.15, -0.1) is 0 Å². The molecule has 0 spiro atoms. The van der Waals surface area contributed by atoms with Crippen molar-refractivity contribution in [3.8, 4) is 11.5 Å². The Morgan fingerprint density at radius 2 is 1.96 bits per heavy atom. The van der Waals surface area contributed by atoms with Crippen molar-refractivity contribution in [2.75, 3.05) is 47.4 Å². The minimum Gasteiger partial charge on any atom is -0.493 e. The largest absolute Gasteiger partial charge is 0.493 e. The van der Waals surface area contributed by atoms with Crippen LogP contribution in [0.1, 0.15) is 31.7 Å². The molecule has 7 heteroatoms. The number of aliphatic imine (C=N–C) groups is 1. The molecule has 7 nitrogen and oxygen atoms in total. The number of carbonyl (C=O) groups excluding carboxylic acids is 1. The van der Waals surface area contributed by atoms with Crippen molar-refractivity contribution in [3.63, 3.8) is 0 Å². The van der Waals surface area contributed by atoms with Crippen LogP contribution in [0.4, 0.5) is 0 Å². The van der Waals surface area contributed by atoms with Crippen molar-refractivity contribution >= 4 is 11.9 Å². The minimum absolute atomic E-state index is 0.222. The first-order valence-corrected chi connectivity index (χ1v) is 10.0. The third-order valence-electron chi connectivity index (χ3n) is 5.02. The summed E-state index contributed by atoms with van der Waals surface area (Å²) in [6, 6.07) is 5.92.